The summed E-state index contributed by atoms with van der Waals surface area (Å²) >= 11 is 0. The third-order valence-electron chi connectivity index (χ3n) is 3.90. The first kappa shape index (κ1) is 16.0. The molecular formula is C18H19N3O3. The molecule has 124 valence electrons. The van der Waals surface area contributed by atoms with E-state index in [0.29, 0.717) is 24.7 Å². The van der Waals surface area contributed by atoms with Crippen molar-refractivity contribution in [2.75, 3.05) is 11.9 Å². The van der Waals surface area contributed by atoms with Crippen LogP contribution in [0.1, 0.15) is 30.4 Å². The van der Waals surface area contributed by atoms with E-state index in [-0.39, 0.29) is 18.2 Å². The molecule has 1 aliphatic rings. The van der Waals surface area contributed by atoms with E-state index in [1.807, 2.05) is 31.2 Å². The molecule has 0 saturated heterocycles. The monoisotopic (exact) mass is 325 g/mol. The van der Waals surface area contributed by atoms with Gasteiger partial charge in [-0.2, -0.15) is 0 Å². The van der Waals surface area contributed by atoms with Crippen molar-refractivity contribution in [1.82, 2.24) is 10.3 Å². The SMILES string of the molecule is CCOc1ncccc1CNC(=O)C1CC(=O)Nc2ccccc21. The fraction of sp³-hybridized carbons (Fsp3) is 0.278. The second-order valence-corrected chi connectivity index (χ2v) is 5.51. The van der Waals surface area contributed by atoms with Crippen molar-refractivity contribution < 1.29 is 14.3 Å². The normalized spacial score (nSPS) is 16.0. The second-order valence-electron chi connectivity index (χ2n) is 5.51. The number of pyridine rings is 1. The van der Waals surface area contributed by atoms with E-state index >= 15 is 0 Å². The van der Waals surface area contributed by atoms with Gasteiger partial charge >= 0.3 is 0 Å². The molecule has 0 fully saturated rings. The summed E-state index contributed by atoms with van der Waals surface area (Å²) in [7, 11) is 0. The molecular weight excluding hydrogens is 306 g/mol. The molecule has 0 saturated carbocycles. The number of nitrogens with one attached hydrogen (secondary N) is 2. The maximum Gasteiger partial charge on any atom is 0.228 e. The molecule has 3 rings (SSSR count). The number of carbonyl (C=O) groups excluding carboxylic acids is 2. The van der Waals surface area contributed by atoms with Gasteiger partial charge in [0.25, 0.3) is 0 Å². The standard InChI is InChI=1S/C18H19N3O3/c1-2-24-18-12(6-5-9-19-18)11-20-17(23)14-10-16(22)21-15-8-4-3-7-13(14)15/h3-9,14H,2,10-11H2,1H3,(H,20,23)(H,21,22). The van der Waals surface area contributed by atoms with Gasteiger partial charge in [0.15, 0.2) is 0 Å². The van der Waals surface area contributed by atoms with Gasteiger partial charge < -0.3 is 15.4 Å². The van der Waals surface area contributed by atoms with Gasteiger partial charge in [0, 0.05) is 30.4 Å². The van der Waals surface area contributed by atoms with Crippen molar-refractivity contribution in [2.24, 2.45) is 0 Å². The Hall–Kier alpha value is -2.89. The molecule has 1 atom stereocenters. The minimum Gasteiger partial charge on any atom is -0.478 e. The predicted molar refractivity (Wildman–Crippen MR) is 89.7 cm³/mol. The minimum atomic E-state index is -0.484. The summed E-state index contributed by atoms with van der Waals surface area (Å²) in [6, 6.07) is 11.0. The fourth-order valence-electron chi connectivity index (χ4n) is 2.78. The average molecular weight is 325 g/mol. The zero-order valence-electron chi connectivity index (χ0n) is 13.4. The summed E-state index contributed by atoms with van der Waals surface area (Å²) in [6.45, 7) is 2.70. The van der Waals surface area contributed by atoms with Gasteiger partial charge in [-0.3, -0.25) is 9.59 Å². The number of para-hydroxylation sites is 1. The van der Waals surface area contributed by atoms with Crippen molar-refractivity contribution in [3.8, 4) is 5.88 Å². The summed E-state index contributed by atoms with van der Waals surface area (Å²) in [5.74, 6) is -0.293. The number of amides is 2. The molecule has 2 aromatic rings. The first-order valence-corrected chi connectivity index (χ1v) is 7.92. The van der Waals surface area contributed by atoms with Crippen molar-refractivity contribution >= 4 is 17.5 Å². The molecule has 0 radical (unpaired) electrons. The number of hydrogen-bond donors (Lipinski definition) is 2. The van der Waals surface area contributed by atoms with Crippen molar-refractivity contribution in [3.05, 3.63) is 53.7 Å². The van der Waals surface area contributed by atoms with Crippen LogP contribution in [0.5, 0.6) is 5.88 Å². The Morgan fingerprint density at radius 1 is 1.33 bits per heavy atom. The Morgan fingerprint density at radius 3 is 3.00 bits per heavy atom. The van der Waals surface area contributed by atoms with Crippen LogP contribution in [0.4, 0.5) is 5.69 Å². The van der Waals surface area contributed by atoms with Crippen LogP contribution in [0.3, 0.4) is 0 Å². The number of carbonyl (C=O) groups is 2. The minimum absolute atomic E-state index is 0.147. The summed E-state index contributed by atoms with van der Waals surface area (Å²) in [5.41, 5.74) is 2.34. The highest BCUT2D eigenvalue weighted by molar-refractivity contribution is 6.01. The summed E-state index contributed by atoms with van der Waals surface area (Å²) < 4.78 is 5.46. The van der Waals surface area contributed by atoms with Gasteiger partial charge in [-0.15, -0.1) is 0 Å². The zero-order valence-corrected chi connectivity index (χ0v) is 13.4. The van der Waals surface area contributed by atoms with Gasteiger partial charge in [0.1, 0.15) is 0 Å². The molecule has 2 amide bonds. The largest absolute Gasteiger partial charge is 0.478 e. The van der Waals surface area contributed by atoms with Gasteiger partial charge in [-0.1, -0.05) is 24.3 Å². The lowest BCUT2D eigenvalue weighted by Gasteiger charge is -2.24. The average Bonchev–Trinajstić information content (AvgIpc) is 2.60. The number of hydrogen-bond acceptors (Lipinski definition) is 4. The van der Waals surface area contributed by atoms with E-state index in [0.717, 1.165) is 11.1 Å². The van der Waals surface area contributed by atoms with Crippen molar-refractivity contribution in [3.63, 3.8) is 0 Å². The molecule has 1 unspecified atom stereocenters. The number of nitrogens with zero attached hydrogens (tertiary/aromatic N) is 1. The summed E-state index contributed by atoms with van der Waals surface area (Å²) in [6.07, 6.45) is 1.80. The third-order valence-corrected chi connectivity index (χ3v) is 3.90. The molecule has 0 aliphatic carbocycles. The van der Waals surface area contributed by atoms with Crippen LogP contribution in [0.2, 0.25) is 0 Å². The highest BCUT2D eigenvalue weighted by Crippen LogP contribution is 2.32. The van der Waals surface area contributed by atoms with E-state index in [4.69, 9.17) is 4.74 Å². The Labute approximate surface area is 140 Å². The molecule has 0 bridgehead atoms. The van der Waals surface area contributed by atoms with Crippen LogP contribution in [0, 0.1) is 0 Å². The van der Waals surface area contributed by atoms with Crippen LogP contribution >= 0.6 is 0 Å². The molecule has 1 aromatic carbocycles. The lowest BCUT2D eigenvalue weighted by molar-refractivity contribution is -0.126. The molecule has 0 spiro atoms. The number of anilines is 1. The van der Waals surface area contributed by atoms with E-state index in [2.05, 4.69) is 15.6 Å². The van der Waals surface area contributed by atoms with Crippen molar-refractivity contribution in [2.45, 2.75) is 25.8 Å². The van der Waals surface area contributed by atoms with E-state index in [1.54, 1.807) is 18.3 Å². The van der Waals surface area contributed by atoms with E-state index in [9.17, 15) is 9.59 Å². The summed E-state index contributed by atoms with van der Waals surface area (Å²) in [4.78, 5) is 28.6. The van der Waals surface area contributed by atoms with Gasteiger partial charge in [-0.05, 0) is 24.6 Å². The number of rotatable bonds is 5. The molecule has 24 heavy (non-hydrogen) atoms. The van der Waals surface area contributed by atoms with Gasteiger partial charge in [0.05, 0.1) is 12.5 Å². The lowest BCUT2D eigenvalue weighted by Crippen LogP contribution is -2.34. The number of ether oxygens (including phenoxy) is 1. The smallest absolute Gasteiger partial charge is 0.228 e. The Morgan fingerprint density at radius 2 is 2.17 bits per heavy atom. The predicted octanol–water partition coefficient (Wildman–Crippen LogP) is 2.22. The topological polar surface area (TPSA) is 80.3 Å². The van der Waals surface area contributed by atoms with Crippen LogP contribution in [-0.4, -0.2) is 23.4 Å². The van der Waals surface area contributed by atoms with E-state index < -0.39 is 5.92 Å². The van der Waals surface area contributed by atoms with Crippen LogP contribution < -0.4 is 15.4 Å². The molecule has 1 aromatic heterocycles. The third kappa shape index (κ3) is 3.37. The second kappa shape index (κ2) is 7.12. The number of benzene rings is 1. The summed E-state index contributed by atoms with van der Waals surface area (Å²) in [5, 5.41) is 5.69. The Bertz CT molecular complexity index is 761. The lowest BCUT2D eigenvalue weighted by atomic mass is 9.90. The maximum absolute atomic E-state index is 12.6. The van der Waals surface area contributed by atoms with Crippen LogP contribution in [0.25, 0.3) is 0 Å². The quantitative estimate of drug-likeness (QED) is 0.883. The highest BCUT2D eigenvalue weighted by Gasteiger charge is 2.30. The Balaban J connectivity index is 1.73. The maximum atomic E-state index is 12.6. The Kier molecular flexibility index (Phi) is 4.74. The molecule has 6 heteroatoms. The number of fused-ring (bicyclic) bond motifs is 1. The first-order chi connectivity index (χ1) is 11.7. The van der Waals surface area contributed by atoms with Gasteiger partial charge in [-0.25, -0.2) is 4.98 Å². The highest BCUT2D eigenvalue weighted by atomic mass is 16.5. The molecule has 2 heterocycles. The van der Waals surface area contributed by atoms with Gasteiger partial charge in [0.2, 0.25) is 17.7 Å². The van der Waals surface area contributed by atoms with Crippen LogP contribution in [-0.2, 0) is 16.1 Å². The number of aromatic nitrogens is 1. The van der Waals surface area contributed by atoms with E-state index in [1.165, 1.54) is 0 Å². The zero-order chi connectivity index (χ0) is 16.9. The molecule has 6 nitrogen and oxygen atoms in total. The fourth-order valence-corrected chi connectivity index (χ4v) is 2.78. The van der Waals surface area contributed by atoms with Crippen molar-refractivity contribution in [1.29, 1.82) is 0 Å². The van der Waals surface area contributed by atoms with Crippen LogP contribution in [0.15, 0.2) is 42.6 Å². The first-order valence-electron chi connectivity index (χ1n) is 7.92. The molecule has 1 aliphatic heterocycles. The molecule has 2 N–H and O–H groups in total.